The number of benzene rings is 1. The predicted molar refractivity (Wildman–Crippen MR) is 109 cm³/mol. The molecule has 0 bridgehead atoms. The lowest BCUT2D eigenvalue weighted by molar-refractivity contribution is -0.123. The normalized spacial score (nSPS) is 10.5. The minimum absolute atomic E-state index is 0.102. The number of hydrogen-bond acceptors (Lipinski definition) is 8. The molecule has 0 aliphatic heterocycles. The maximum atomic E-state index is 12.1. The lowest BCUT2D eigenvalue weighted by Crippen LogP contribution is -2.28. The first-order chi connectivity index (χ1) is 13.6. The topological polar surface area (TPSA) is 86.2 Å². The third kappa shape index (κ3) is 5.93. The molecule has 146 valence electrons. The number of aromatic nitrogens is 3. The quantitative estimate of drug-likeness (QED) is 0.536. The Hall–Kier alpha value is -2.65. The van der Waals surface area contributed by atoms with Crippen LogP contribution in [0.4, 0.5) is 0 Å². The summed E-state index contributed by atoms with van der Waals surface area (Å²) in [6, 6.07) is 11.5. The summed E-state index contributed by atoms with van der Waals surface area (Å²) >= 11 is 3.09. The van der Waals surface area contributed by atoms with Crippen molar-refractivity contribution in [3.8, 4) is 11.5 Å². The number of amides is 1. The third-order valence-electron chi connectivity index (χ3n) is 3.65. The second-order valence-corrected chi connectivity index (χ2v) is 8.16. The van der Waals surface area contributed by atoms with Gasteiger partial charge in [0.05, 0.1) is 19.0 Å². The molecule has 2 aromatic heterocycles. The fourth-order valence-corrected chi connectivity index (χ4v) is 3.99. The van der Waals surface area contributed by atoms with Gasteiger partial charge in [0.1, 0.15) is 5.01 Å². The molecule has 28 heavy (non-hydrogen) atoms. The molecule has 1 amide bonds. The van der Waals surface area contributed by atoms with Crippen LogP contribution in [0.25, 0.3) is 0 Å². The summed E-state index contributed by atoms with van der Waals surface area (Å²) in [4.78, 5) is 16.4. The van der Waals surface area contributed by atoms with Crippen LogP contribution >= 0.6 is 23.1 Å². The van der Waals surface area contributed by atoms with Crippen molar-refractivity contribution < 1.29 is 14.3 Å². The molecular weight excluding hydrogens is 396 g/mol. The fourth-order valence-electron chi connectivity index (χ4n) is 2.27. The van der Waals surface area contributed by atoms with E-state index in [1.54, 1.807) is 35.4 Å². The molecule has 0 spiro atoms. The van der Waals surface area contributed by atoms with Crippen LogP contribution in [0.3, 0.4) is 0 Å². The molecule has 0 unspecified atom stereocenters. The summed E-state index contributed by atoms with van der Waals surface area (Å²) in [5.74, 6) is 1.38. The van der Waals surface area contributed by atoms with Gasteiger partial charge in [0.2, 0.25) is 0 Å². The van der Waals surface area contributed by atoms with E-state index in [1.165, 1.54) is 7.11 Å². The maximum absolute atomic E-state index is 12.1. The molecule has 1 N–H and O–H groups in total. The molecule has 3 aromatic rings. The highest BCUT2D eigenvalue weighted by molar-refractivity contribution is 8.00. The maximum Gasteiger partial charge on any atom is 0.258 e. The standard InChI is InChI=1S/C19H20N4O3S2/c1-13-22-23-19(28-13)27-12-15-8-16(17(25-2)10-20-15)26-11-18(24)21-9-14-6-4-3-5-7-14/h3-8,10H,9,11-12H2,1-2H3,(H,21,24). The second-order valence-electron chi connectivity index (χ2n) is 5.75. The van der Waals surface area contributed by atoms with Gasteiger partial charge in [-0.3, -0.25) is 9.78 Å². The molecule has 7 nitrogen and oxygen atoms in total. The number of pyridine rings is 1. The number of hydrogen-bond donors (Lipinski definition) is 1. The van der Waals surface area contributed by atoms with Crippen molar-refractivity contribution in [1.82, 2.24) is 20.5 Å². The van der Waals surface area contributed by atoms with E-state index in [9.17, 15) is 4.79 Å². The highest BCUT2D eigenvalue weighted by Crippen LogP contribution is 2.30. The number of thioether (sulfide) groups is 1. The van der Waals surface area contributed by atoms with Gasteiger partial charge in [-0.15, -0.1) is 10.2 Å². The van der Waals surface area contributed by atoms with Crippen molar-refractivity contribution in [3.05, 3.63) is 58.9 Å². The Morgan fingerprint density at radius 1 is 1.21 bits per heavy atom. The average molecular weight is 417 g/mol. The number of rotatable bonds is 9. The van der Waals surface area contributed by atoms with Gasteiger partial charge in [0.25, 0.3) is 5.91 Å². The molecule has 0 aliphatic carbocycles. The largest absolute Gasteiger partial charge is 0.491 e. The Kier molecular flexibility index (Phi) is 7.21. The first-order valence-electron chi connectivity index (χ1n) is 8.53. The second kappa shape index (κ2) is 10.0. The number of carbonyl (C=O) groups is 1. The number of methoxy groups -OCH3 is 1. The first-order valence-corrected chi connectivity index (χ1v) is 10.3. The van der Waals surface area contributed by atoms with Crippen molar-refractivity contribution in [2.75, 3.05) is 13.7 Å². The SMILES string of the molecule is COc1cnc(CSc2nnc(C)s2)cc1OCC(=O)NCc1ccccc1. The number of carbonyl (C=O) groups excluding carboxylic acids is 1. The Balaban J connectivity index is 1.54. The lowest BCUT2D eigenvalue weighted by Gasteiger charge is -2.12. The van der Waals surface area contributed by atoms with Crippen LogP contribution < -0.4 is 14.8 Å². The molecule has 0 atom stereocenters. The van der Waals surface area contributed by atoms with Crippen LogP contribution in [0.1, 0.15) is 16.3 Å². The zero-order valence-corrected chi connectivity index (χ0v) is 17.2. The molecule has 2 heterocycles. The Labute approximate surface area is 171 Å². The van der Waals surface area contributed by atoms with Gasteiger partial charge >= 0.3 is 0 Å². The molecule has 3 rings (SSSR count). The summed E-state index contributed by atoms with van der Waals surface area (Å²) in [6.07, 6.45) is 1.60. The van der Waals surface area contributed by atoms with Crippen LogP contribution in [0.2, 0.25) is 0 Å². The van der Waals surface area contributed by atoms with E-state index in [0.29, 0.717) is 23.8 Å². The Morgan fingerprint density at radius 3 is 2.75 bits per heavy atom. The smallest absolute Gasteiger partial charge is 0.258 e. The van der Waals surface area contributed by atoms with E-state index < -0.39 is 0 Å². The van der Waals surface area contributed by atoms with Crippen LogP contribution in [-0.4, -0.2) is 34.8 Å². The predicted octanol–water partition coefficient (Wildman–Crippen LogP) is 3.24. The molecule has 0 aliphatic rings. The van der Waals surface area contributed by atoms with Crippen LogP contribution in [0.5, 0.6) is 11.5 Å². The van der Waals surface area contributed by atoms with Gasteiger partial charge in [0, 0.05) is 18.4 Å². The zero-order chi connectivity index (χ0) is 19.8. The van der Waals surface area contributed by atoms with Crippen molar-refractivity contribution in [2.45, 2.75) is 23.6 Å². The highest BCUT2D eigenvalue weighted by atomic mass is 32.2. The number of nitrogens with zero attached hydrogens (tertiary/aromatic N) is 3. The minimum atomic E-state index is -0.206. The van der Waals surface area contributed by atoms with Gasteiger partial charge in [-0.2, -0.15) is 0 Å². The number of aryl methyl sites for hydroxylation is 1. The lowest BCUT2D eigenvalue weighted by atomic mass is 10.2. The van der Waals surface area contributed by atoms with E-state index in [4.69, 9.17) is 9.47 Å². The average Bonchev–Trinajstić information content (AvgIpc) is 3.15. The molecule has 0 radical (unpaired) electrons. The summed E-state index contributed by atoms with van der Waals surface area (Å²) in [5, 5.41) is 11.8. The molecular formula is C19H20N4O3S2. The van der Waals surface area contributed by atoms with E-state index >= 15 is 0 Å². The number of nitrogens with one attached hydrogen (secondary N) is 1. The Morgan fingerprint density at radius 2 is 2.04 bits per heavy atom. The van der Waals surface area contributed by atoms with Crippen LogP contribution in [0.15, 0.2) is 46.9 Å². The summed E-state index contributed by atoms with van der Waals surface area (Å²) in [6.45, 7) is 2.27. The summed E-state index contributed by atoms with van der Waals surface area (Å²) in [5.41, 5.74) is 1.84. The van der Waals surface area contributed by atoms with E-state index in [2.05, 4.69) is 20.5 Å². The van der Waals surface area contributed by atoms with Crippen molar-refractivity contribution in [2.24, 2.45) is 0 Å². The summed E-state index contributed by atoms with van der Waals surface area (Å²) in [7, 11) is 1.54. The van der Waals surface area contributed by atoms with Gasteiger partial charge in [-0.05, 0) is 12.5 Å². The minimum Gasteiger partial charge on any atom is -0.491 e. The van der Waals surface area contributed by atoms with E-state index in [1.807, 2.05) is 37.3 Å². The van der Waals surface area contributed by atoms with Crippen molar-refractivity contribution in [3.63, 3.8) is 0 Å². The van der Waals surface area contributed by atoms with Gasteiger partial charge < -0.3 is 14.8 Å². The molecule has 0 saturated heterocycles. The molecule has 0 fully saturated rings. The first kappa shape index (κ1) is 20.1. The van der Waals surface area contributed by atoms with Gasteiger partial charge in [-0.1, -0.05) is 53.4 Å². The molecule has 9 heteroatoms. The van der Waals surface area contributed by atoms with Crippen molar-refractivity contribution in [1.29, 1.82) is 0 Å². The summed E-state index contributed by atoms with van der Waals surface area (Å²) < 4.78 is 11.8. The van der Waals surface area contributed by atoms with Crippen LogP contribution in [0, 0.1) is 6.92 Å². The van der Waals surface area contributed by atoms with Crippen molar-refractivity contribution >= 4 is 29.0 Å². The van der Waals surface area contributed by atoms with E-state index in [0.717, 1.165) is 20.6 Å². The van der Waals surface area contributed by atoms with E-state index in [-0.39, 0.29) is 12.5 Å². The van der Waals surface area contributed by atoms with Crippen LogP contribution in [-0.2, 0) is 17.1 Å². The third-order valence-corrected chi connectivity index (χ3v) is 5.66. The van der Waals surface area contributed by atoms with Gasteiger partial charge in [0.15, 0.2) is 22.4 Å². The molecule has 1 aromatic carbocycles. The monoisotopic (exact) mass is 416 g/mol. The number of ether oxygens (including phenoxy) is 2. The van der Waals surface area contributed by atoms with Gasteiger partial charge in [-0.25, -0.2) is 0 Å². The highest BCUT2D eigenvalue weighted by Gasteiger charge is 2.11. The Bertz CT molecular complexity index is 919. The fraction of sp³-hybridized carbons (Fsp3) is 0.263. The zero-order valence-electron chi connectivity index (χ0n) is 15.5. The molecule has 0 saturated carbocycles.